The van der Waals surface area contributed by atoms with Gasteiger partial charge in [-0.05, 0) is 63.1 Å². The van der Waals surface area contributed by atoms with E-state index in [4.69, 9.17) is 18.6 Å². The SMILES string of the molecule is CCOc1ccc(-c2coc3c(C)c(OCC)c(/C(C)=C/C(=O)NCc4ccccc4OC)cc23)cc1. The van der Waals surface area contributed by atoms with E-state index in [2.05, 4.69) is 5.32 Å². The summed E-state index contributed by atoms with van der Waals surface area (Å²) in [4.78, 5) is 12.8. The van der Waals surface area contributed by atoms with Gasteiger partial charge in [0.2, 0.25) is 5.91 Å². The summed E-state index contributed by atoms with van der Waals surface area (Å²) in [5.41, 5.74) is 6.22. The number of ether oxygens (including phenoxy) is 3. The number of rotatable bonds is 10. The topological polar surface area (TPSA) is 69.9 Å². The average molecular weight is 500 g/mol. The van der Waals surface area contributed by atoms with Crippen molar-refractivity contribution in [3.05, 3.63) is 83.6 Å². The maximum absolute atomic E-state index is 12.8. The molecule has 0 saturated carbocycles. The number of nitrogens with one attached hydrogen (secondary N) is 1. The van der Waals surface area contributed by atoms with Crippen LogP contribution in [-0.4, -0.2) is 26.2 Å². The predicted molar refractivity (Wildman–Crippen MR) is 147 cm³/mol. The van der Waals surface area contributed by atoms with Gasteiger partial charge in [0.1, 0.15) is 22.8 Å². The van der Waals surface area contributed by atoms with Crippen LogP contribution in [0, 0.1) is 6.92 Å². The van der Waals surface area contributed by atoms with E-state index in [-0.39, 0.29) is 5.91 Å². The van der Waals surface area contributed by atoms with Gasteiger partial charge in [-0.25, -0.2) is 0 Å². The fraction of sp³-hybridized carbons (Fsp3) is 0.258. The Balaban J connectivity index is 1.68. The Morgan fingerprint density at radius 1 is 1.03 bits per heavy atom. The molecule has 6 heteroatoms. The first-order valence-electron chi connectivity index (χ1n) is 12.5. The smallest absolute Gasteiger partial charge is 0.244 e. The fourth-order valence-electron chi connectivity index (χ4n) is 4.42. The number of benzene rings is 3. The molecular formula is C31H33NO5. The third kappa shape index (κ3) is 5.64. The maximum Gasteiger partial charge on any atom is 0.244 e. The van der Waals surface area contributed by atoms with E-state index in [0.717, 1.165) is 55.9 Å². The minimum Gasteiger partial charge on any atom is -0.496 e. The van der Waals surface area contributed by atoms with Gasteiger partial charge in [0.15, 0.2) is 0 Å². The number of amides is 1. The zero-order chi connectivity index (χ0) is 26.4. The van der Waals surface area contributed by atoms with Crippen LogP contribution in [0.2, 0.25) is 0 Å². The zero-order valence-corrected chi connectivity index (χ0v) is 22.0. The molecule has 1 amide bonds. The van der Waals surface area contributed by atoms with E-state index in [1.54, 1.807) is 19.4 Å². The Morgan fingerprint density at radius 3 is 2.46 bits per heavy atom. The van der Waals surface area contributed by atoms with E-state index in [9.17, 15) is 4.79 Å². The first-order valence-corrected chi connectivity index (χ1v) is 12.5. The Bertz CT molecular complexity index is 1420. The Hall–Kier alpha value is -4.19. The van der Waals surface area contributed by atoms with Crippen molar-refractivity contribution in [1.82, 2.24) is 5.32 Å². The van der Waals surface area contributed by atoms with E-state index in [0.29, 0.717) is 25.5 Å². The monoisotopic (exact) mass is 499 g/mol. The van der Waals surface area contributed by atoms with Crippen LogP contribution in [0.4, 0.5) is 0 Å². The number of furan rings is 1. The molecule has 6 nitrogen and oxygen atoms in total. The van der Waals surface area contributed by atoms with Gasteiger partial charge in [0, 0.05) is 40.3 Å². The lowest BCUT2D eigenvalue weighted by Gasteiger charge is -2.15. The summed E-state index contributed by atoms with van der Waals surface area (Å²) in [6.07, 6.45) is 3.38. The molecule has 0 saturated heterocycles. The van der Waals surface area contributed by atoms with Gasteiger partial charge in [-0.1, -0.05) is 30.3 Å². The Morgan fingerprint density at radius 2 is 1.76 bits per heavy atom. The highest BCUT2D eigenvalue weighted by atomic mass is 16.5. The van der Waals surface area contributed by atoms with E-state index >= 15 is 0 Å². The second-order valence-corrected chi connectivity index (χ2v) is 8.65. The van der Waals surface area contributed by atoms with Crippen LogP contribution in [0.5, 0.6) is 17.2 Å². The summed E-state index contributed by atoms with van der Waals surface area (Å²) in [6.45, 7) is 9.30. The molecule has 0 bridgehead atoms. The lowest BCUT2D eigenvalue weighted by Crippen LogP contribution is -2.21. The Labute approximate surface area is 217 Å². The summed E-state index contributed by atoms with van der Waals surface area (Å²) >= 11 is 0. The van der Waals surface area contributed by atoms with Crippen LogP contribution in [0.3, 0.4) is 0 Å². The number of hydrogen-bond donors (Lipinski definition) is 1. The van der Waals surface area contributed by atoms with Crippen molar-refractivity contribution >= 4 is 22.4 Å². The minimum atomic E-state index is -0.192. The highest BCUT2D eigenvalue weighted by Gasteiger charge is 2.19. The van der Waals surface area contributed by atoms with Crippen LogP contribution < -0.4 is 19.5 Å². The number of methoxy groups -OCH3 is 1. The average Bonchev–Trinajstić information content (AvgIpc) is 3.34. The van der Waals surface area contributed by atoms with Crippen LogP contribution >= 0.6 is 0 Å². The highest BCUT2D eigenvalue weighted by Crippen LogP contribution is 2.41. The molecule has 4 aromatic rings. The number of fused-ring (bicyclic) bond motifs is 1. The van der Waals surface area contributed by atoms with Gasteiger partial charge in [-0.2, -0.15) is 0 Å². The molecule has 1 aromatic heterocycles. The van der Waals surface area contributed by atoms with Gasteiger partial charge in [-0.15, -0.1) is 0 Å². The molecule has 0 aliphatic heterocycles. The van der Waals surface area contributed by atoms with Gasteiger partial charge < -0.3 is 23.9 Å². The molecule has 0 unspecified atom stereocenters. The first kappa shape index (κ1) is 25.9. The van der Waals surface area contributed by atoms with E-state index in [1.807, 2.05) is 82.3 Å². The van der Waals surface area contributed by atoms with Crippen molar-refractivity contribution in [2.75, 3.05) is 20.3 Å². The van der Waals surface area contributed by atoms with Crippen molar-refractivity contribution in [3.8, 4) is 28.4 Å². The van der Waals surface area contributed by atoms with Gasteiger partial charge >= 0.3 is 0 Å². The standard InChI is InChI=1S/C31H33NO5/c1-6-35-24-14-12-22(13-15-24)27-19-37-31-21(4)30(36-7-2)25(17-26(27)31)20(3)16-29(33)32-18-23-10-8-9-11-28(23)34-5/h8-17,19H,6-7,18H2,1-5H3,(H,32,33)/b20-16+. The summed E-state index contributed by atoms with van der Waals surface area (Å²) in [6, 6.07) is 17.6. The maximum atomic E-state index is 12.8. The van der Waals surface area contributed by atoms with Gasteiger partial charge in [0.05, 0.1) is 26.6 Å². The molecule has 1 N–H and O–H groups in total. The van der Waals surface area contributed by atoms with Crippen LogP contribution in [0.25, 0.3) is 27.7 Å². The molecule has 37 heavy (non-hydrogen) atoms. The summed E-state index contributed by atoms with van der Waals surface area (Å²) < 4.78 is 23.0. The van der Waals surface area contributed by atoms with E-state index in [1.165, 1.54) is 0 Å². The number of aryl methyl sites for hydroxylation is 1. The van der Waals surface area contributed by atoms with Crippen LogP contribution in [0.1, 0.15) is 37.5 Å². The first-order chi connectivity index (χ1) is 18.0. The molecule has 0 spiro atoms. The number of hydrogen-bond acceptors (Lipinski definition) is 5. The number of carbonyl (C=O) groups excluding carboxylic acids is 1. The quantitative estimate of drug-likeness (QED) is 0.240. The molecule has 0 radical (unpaired) electrons. The molecule has 0 atom stereocenters. The van der Waals surface area contributed by atoms with Crippen LogP contribution in [-0.2, 0) is 11.3 Å². The third-order valence-electron chi connectivity index (χ3n) is 6.23. The molecule has 1 heterocycles. The minimum absolute atomic E-state index is 0.192. The largest absolute Gasteiger partial charge is 0.496 e. The molecule has 0 aliphatic carbocycles. The molecular weight excluding hydrogens is 466 g/mol. The predicted octanol–water partition coefficient (Wildman–Crippen LogP) is 6.93. The second kappa shape index (κ2) is 11.7. The van der Waals surface area contributed by atoms with Crippen molar-refractivity contribution < 1.29 is 23.4 Å². The van der Waals surface area contributed by atoms with Crippen molar-refractivity contribution in [2.45, 2.75) is 34.2 Å². The molecule has 0 aliphatic rings. The molecule has 3 aromatic carbocycles. The van der Waals surface area contributed by atoms with Crippen molar-refractivity contribution in [1.29, 1.82) is 0 Å². The second-order valence-electron chi connectivity index (χ2n) is 8.65. The molecule has 0 fully saturated rings. The van der Waals surface area contributed by atoms with Crippen molar-refractivity contribution in [2.24, 2.45) is 0 Å². The summed E-state index contributed by atoms with van der Waals surface area (Å²) in [5.74, 6) is 2.09. The van der Waals surface area contributed by atoms with Gasteiger partial charge in [0.25, 0.3) is 0 Å². The Kier molecular flexibility index (Phi) is 8.18. The van der Waals surface area contributed by atoms with Crippen molar-refractivity contribution in [3.63, 3.8) is 0 Å². The molecule has 192 valence electrons. The lowest BCUT2D eigenvalue weighted by atomic mass is 9.96. The fourth-order valence-corrected chi connectivity index (χ4v) is 4.42. The highest BCUT2D eigenvalue weighted by molar-refractivity contribution is 6.01. The third-order valence-corrected chi connectivity index (χ3v) is 6.23. The van der Waals surface area contributed by atoms with Gasteiger partial charge in [-0.3, -0.25) is 4.79 Å². The number of allylic oxidation sites excluding steroid dienone is 1. The number of para-hydroxylation sites is 1. The lowest BCUT2D eigenvalue weighted by molar-refractivity contribution is -0.116. The van der Waals surface area contributed by atoms with E-state index < -0.39 is 0 Å². The number of carbonyl (C=O) groups is 1. The summed E-state index contributed by atoms with van der Waals surface area (Å²) in [5, 5.41) is 3.92. The molecule has 4 rings (SSSR count). The summed E-state index contributed by atoms with van der Waals surface area (Å²) in [7, 11) is 1.62. The normalized spacial score (nSPS) is 11.4. The zero-order valence-electron chi connectivity index (χ0n) is 22.0. The van der Waals surface area contributed by atoms with Crippen LogP contribution in [0.15, 0.2) is 71.4 Å².